The number of nitrogens with zero attached hydrogens (tertiary/aromatic N) is 2. The molecule has 1 unspecified atom stereocenters. The fraction of sp³-hybridized carbons (Fsp3) is 0.368. The van der Waals surface area contributed by atoms with Gasteiger partial charge in [-0.05, 0) is 37.0 Å². The van der Waals surface area contributed by atoms with E-state index in [1.54, 1.807) is 6.20 Å². The smallest absolute Gasteiger partial charge is 0.252 e. The Bertz CT molecular complexity index is 711. The van der Waals surface area contributed by atoms with E-state index in [4.69, 9.17) is 0 Å². The van der Waals surface area contributed by atoms with Crippen LogP contribution in [0.3, 0.4) is 0 Å². The number of hydrogen-bond acceptors (Lipinski definition) is 3. The molecule has 0 radical (unpaired) electrons. The number of aromatic nitrogens is 1. The van der Waals surface area contributed by atoms with Gasteiger partial charge in [0.05, 0.1) is 17.4 Å². The largest absolute Gasteiger partial charge is 0.352 e. The number of anilines is 2. The van der Waals surface area contributed by atoms with Gasteiger partial charge < -0.3 is 10.2 Å². The van der Waals surface area contributed by atoms with Crippen LogP contribution in [-0.2, 0) is 6.42 Å². The molecule has 23 heavy (non-hydrogen) atoms. The normalized spacial score (nSPS) is 16.5. The lowest BCUT2D eigenvalue weighted by Gasteiger charge is -2.25. The van der Waals surface area contributed by atoms with E-state index in [2.05, 4.69) is 60.2 Å². The first-order valence-electron chi connectivity index (χ1n) is 8.16. The maximum absolute atomic E-state index is 12.3. The van der Waals surface area contributed by atoms with E-state index in [1.165, 1.54) is 11.3 Å². The van der Waals surface area contributed by atoms with Gasteiger partial charge in [-0.2, -0.15) is 0 Å². The average molecular weight is 309 g/mol. The van der Waals surface area contributed by atoms with Crippen LogP contribution in [-0.4, -0.2) is 23.5 Å². The van der Waals surface area contributed by atoms with E-state index in [1.807, 2.05) is 12.3 Å². The maximum atomic E-state index is 12.3. The molecule has 0 bridgehead atoms. The van der Waals surface area contributed by atoms with Crippen LogP contribution in [0.1, 0.15) is 36.7 Å². The number of hydrogen-bond donors (Lipinski definition) is 1. The van der Waals surface area contributed by atoms with Gasteiger partial charge in [-0.25, -0.2) is 0 Å². The van der Waals surface area contributed by atoms with Gasteiger partial charge in [0.1, 0.15) is 0 Å². The second-order valence-corrected chi connectivity index (χ2v) is 6.59. The van der Waals surface area contributed by atoms with Crippen LogP contribution < -0.4 is 10.2 Å². The van der Waals surface area contributed by atoms with Crippen molar-refractivity contribution >= 4 is 17.3 Å². The maximum Gasteiger partial charge on any atom is 0.252 e. The van der Waals surface area contributed by atoms with Crippen LogP contribution in [0.5, 0.6) is 0 Å². The Balaban J connectivity index is 1.87. The fourth-order valence-electron chi connectivity index (χ4n) is 3.04. The fourth-order valence-corrected chi connectivity index (χ4v) is 3.04. The molecule has 0 aliphatic carbocycles. The highest BCUT2D eigenvalue weighted by atomic mass is 16.1. The summed E-state index contributed by atoms with van der Waals surface area (Å²) in [5, 5.41) is 2.95. The summed E-state index contributed by atoms with van der Waals surface area (Å²) < 4.78 is 0. The molecule has 2 aromatic rings. The number of pyridine rings is 1. The number of fused-ring (bicyclic) bond motifs is 1. The quantitative estimate of drug-likeness (QED) is 0.939. The Morgan fingerprint density at radius 2 is 2.13 bits per heavy atom. The molecule has 1 aliphatic heterocycles. The Labute approximate surface area is 137 Å². The van der Waals surface area contributed by atoms with Crippen molar-refractivity contribution in [1.82, 2.24) is 10.3 Å². The highest BCUT2D eigenvalue weighted by molar-refractivity contribution is 5.95. The molecule has 1 N–H and O–H groups in total. The van der Waals surface area contributed by atoms with Crippen LogP contribution >= 0.6 is 0 Å². The first-order chi connectivity index (χ1) is 11.1. The summed E-state index contributed by atoms with van der Waals surface area (Å²) >= 11 is 0. The Hall–Kier alpha value is -2.36. The van der Waals surface area contributed by atoms with Crippen molar-refractivity contribution in [2.24, 2.45) is 5.92 Å². The zero-order valence-electron chi connectivity index (χ0n) is 13.9. The molecule has 1 aliphatic rings. The van der Waals surface area contributed by atoms with Crippen molar-refractivity contribution < 1.29 is 4.79 Å². The van der Waals surface area contributed by atoms with Crippen molar-refractivity contribution in [2.75, 3.05) is 11.4 Å². The van der Waals surface area contributed by atoms with Crippen LogP contribution in [0.4, 0.5) is 11.4 Å². The van der Waals surface area contributed by atoms with Crippen molar-refractivity contribution in [3.05, 3.63) is 53.9 Å². The highest BCUT2D eigenvalue weighted by Crippen LogP contribution is 2.37. The first kappa shape index (κ1) is 15.5. The van der Waals surface area contributed by atoms with Gasteiger partial charge in [-0.15, -0.1) is 0 Å². The molecule has 1 aromatic carbocycles. The molecule has 120 valence electrons. The summed E-state index contributed by atoms with van der Waals surface area (Å²) in [4.78, 5) is 18.8. The summed E-state index contributed by atoms with van der Waals surface area (Å²) in [5.74, 6) is 0.369. The lowest BCUT2D eigenvalue weighted by Crippen LogP contribution is -2.28. The summed E-state index contributed by atoms with van der Waals surface area (Å²) in [5.41, 5.74) is 4.13. The van der Waals surface area contributed by atoms with Crippen molar-refractivity contribution in [1.29, 1.82) is 0 Å². The molecule has 0 saturated carbocycles. The molecular weight excluding hydrogens is 286 g/mol. The Morgan fingerprint density at radius 1 is 1.35 bits per heavy atom. The second kappa shape index (κ2) is 6.41. The van der Waals surface area contributed by atoms with Gasteiger partial charge in [0.15, 0.2) is 0 Å². The van der Waals surface area contributed by atoms with Gasteiger partial charge in [0.2, 0.25) is 0 Å². The third-order valence-electron chi connectivity index (χ3n) is 4.14. The zero-order valence-corrected chi connectivity index (χ0v) is 13.9. The highest BCUT2D eigenvalue weighted by Gasteiger charge is 2.27. The van der Waals surface area contributed by atoms with Gasteiger partial charge >= 0.3 is 0 Å². The zero-order chi connectivity index (χ0) is 16.4. The number of amides is 1. The molecular formula is C19H23N3O. The molecule has 4 heteroatoms. The first-order valence-corrected chi connectivity index (χ1v) is 8.16. The van der Waals surface area contributed by atoms with Gasteiger partial charge in [0, 0.05) is 24.5 Å². The van der Waals surface area contributed by atoms with Gasteiger partial charge in [0.25, 0.3) is 5.91 Å². The predicted octanol–water partition coefficient (Wildman–Crippen LogP) is 3.55. The number of carbonyl (C=O) groups excluding carboxylic acids is 1. The van der Waals surface area contributed by atoms with Crippen LogP contribution in [0.2, 0.25) is 0 Å². The monoisotopic (exact) mass is 309 g/mol. The topological polar surface area (TPSA) is 45.2 Å². The SMILES string of the molecule is CC(C)CNC(=O)c1cncc(N2c3ccccc3CC2C)c1. The number of para-hydroxylation sites is 1. The summed E-state index contributed by atoms with van der Waals surface area (Å²) in [7, 11) is 0. The van der Waals surface area contributed by atoms with Crippen molar-refractivity contribution in [3.8, 4) is 0 Å². The minimum absolute atomic E-state index is 0.0619. The molecule has 0 fully saturated rings. The standard InChI is InChI=1S/C19H23N3O/c1-13(2)10-21-19(23)16-9-17(12-20-11-16)22-14(3)8-15-6-4-5-7-18(15)22/h4-7,9,11-14H,8,10H2,1-3H3,(H,21,23). The van der Waals surface area contributed by atoms with E-state index >= 15 is 0 Å². The predicted molar refractivity (Wildman–Crippen MR) is 93.2 cm³/mol. The molecule has 0 saturated heterocycles. The minimum atomic E-state index is -0.0619. The third-order valence-corrected chi connectivity index (χ3v) is 4.14. The van der Waals surface area contributed by atoms with Gasteiger partial charge in [-0.1, -0.05) is 32.0 Å². The molecule has 4 nitrogen and oxygen atoms in total. The molecule has 1 aromatic heterocycles. The van der Waals surface area contributed by atoms with Crippen LogP contribution in [0, 0.1) is 5.92 Å². The minimum Gasteiger partial charge on any atom is -0.352 e. The van der Waals surface area contributed by atoms with E-state index in [9.17, 15) is 4.79 Å². The van der Waals surface area contributed by atoms with E-state index in [-0.39, 0.29) is 5.91 Å². The van der Waals surface area contributed by atoms with E-state index < -0.39 is 0 Å². The van der Waals surface area contributed by atoms with Crippen LogP contribution in [0.15, 0.2) is 42.7 Å². The molecule has 2 heterocycles. The number of nitrogens with one attached hydrogen (secondary N) is 1. The Kier molecular flexibility index (Phi) is 4.33. The van der Waals surface area contributed by atoms with Crippen LogP contribution in [0.25, 0.3) is 0 Å². The van der Waals surface area contributed by atoms with Gasteiger partial charge in [-0.3, -0.25) is 9.78 Å². The molecule has 3 rings (SSSR count). The number of rotatable bonds is 4. The number of carbonyl (C=O) groups is 1. The Morgan fingerprint density at radius 3 is 2.91 bits per heavy atom. The van der Waals surface area contributed by atoms with E-state index in [0.717, 1.165) is 12.1 Å². The number of benzene rings is 1. The lowest BCUT2D eigenvalue weighted by molar-refractivity contribution is 0.0948. The molecule has 0 spiro atoms. The second-order valence-electron chi connectivity index (χ2n) is 6.59. The van der Waals surface area contributed by atoms with Crippen molar-refractivity contribution in [2.45, 2.75) is 33.2 Å². The summed E-state index contributed by atoms with van der Waals surface area (Å²) in [6.45, 7) is 7.03. The lowest BCUT2D eigenvalue weighted by atomic mass is 10.1. The molecule has 1 amide bonds. The van der Waals surface area contributed by atoms with E-state index in [0.29, 0.717) is 24.1 Å². The average Bonchev–Trinajstić information content (AvgIpc) is 2.88. The van der Waals surface area contributed by atoms with Crippen molar-refractivity contribution in [3.63, 3.8) is 0 Å². The third kappa shape index (κ3) is 3.21. The summed E-state index contributed by atoms with van der Waals surface area (Å²) in [6.07, 6.45) is 4.48. The summed E-state index contributed by atoms with van der Waals surface area (Å²) in [6, 6.07) is 10.7. The molecule has 1 atom stereocenters.